The normalized spacial score (nSPS) is 25.7. The fourth-order valence-corrected chi connectivity index (χ4v) is 6.22. The molecule has 2 unspecified atom stereocenters. The van der Waals surface area contributed by atoms with Crippen LogP contribution >= 0.6 is 0 Å². The van der Waals surface area contributed by atoms with Crippen LogP contribution in [0.3, 0.4) is 0 Å². The maximum Gasteiger partial charge on any atom is 0.153 e. The molecule has 0 amide bonds. The van der Waals surface area contributed by atoms with Gasteiger partial charge in [-0.25, -0.2) is 8.42 Å². The van der Waals surface area contributed by atoms with Crippen LogP contribution in [0, 0.1) is 0 Å². The molecular weight excluding hydrogens is 364 g/mol. The highest BCUT2D eigenvalue weighted by Crippen LogP contribution is 2.29. The first-order valence-corrected chi connectivity index (χ1v) is 11.2. The van der Waals surface area contributed by atoms with Crippen molar-refractivity contribution in [1.82, 2.24) is 29.5 Å². The van der Waals surface area contributed by atoms with Gasteiger partial charge in [-0.15, -0.1) is 10.2 Å². The summed E-state index contributed by atoms with van der Waals surface area (Å²) in [5, 5.41) is 8.31. The van der Waals surface area contributed by atoms with Gasteiger partial charge in [-0.3, -0.25) is 14.8 Å². The Bertz CT molecular complexity index is 882. The molecule has 2 saturated heterocycles. The van der Waals surface area contributed by atoms with Crippen LogP contribution in [0.25, 0.3) is 0 Å². The zero-order valence-electron chi connectivity index (χ0n) is 15.8. The summed E-state index contributed by atoms with van der Waals surface area (Å²) in [7, 11) is -3.04. The molecule has 0 aliphatic carbocycles. The minimum absolute atomic E-state index is 0.00109. The van der Waals surface area contributed by atoms with Crippen LogP contribution in [0.15, 0.2) is 30.7 Å². The second-order valence-electron chi connectivity index (χ2n) is 7.72. The summed E-state index contributed by atoms with van der Waals surface area (Å²) in [6, 6.07) is 6.14. The summed E-state index contributed by atoms with van der Waals surface area (Å²) in [5.74, 6) is 1.33. The van der Waals surface area contributed by atoms with Crippen molar-refractivity contribution in [3.05, 3.63) is 42.2 Å². The number of fused-ring (bicyclic) bond motifs is 1. The van der Waals surface area contributed by atoms with E-state index in [1.54, 1.807) is 12.5 Å². The average Bonchev–Trinajstić information content (AvgIpc) is 3.21. The van der Waals surface area contributed by atoms with E-state index in [9.17, 15) is 8.42 Å². The van der Waals surface area contributed by atoms with E-state index in [1.165, 1.54) is 0 Å². The topological polar surface area (TPSA) is 84.2 Å². The molecule has 0 aromatic carbocycles. The van der Waals surface area contributed by atoms with Gasteiger partial charge in [-0.05, 0) is 26.0 Å². The van der Waals surface area contributed by atoms with Gasteiger partial charge < -0.3 is 4.57 Å². The fraction of sp³-hybridized carbons (Fsp3) is 0.611. The molecule has 2 atom stereocenters. The van der Waals surface area contributed by atoms with Crippen molar-refractivity contribution >= 4 is 9.84 Å². The van der Waals surface area contributed by atoms with Crippen LogP contribution in [0.1, 0.15) is 31.4 Å². The molecule has 0 spiro atoms. The van der Waals surface area contributed by atoms with Crippen molar-refractivity contribution < 1.29 is 8.42 Å². The smallest absolute Gasteiger partial charge is 0.153 e. The molecule has 27 heavy (non-hydrogen) atoms. The second kappa shape index (κ2) is 7.29. The highest BCUT2D eigenvalue weighted by Gasteiger charge is 2.46. The van der Waals surface area contributed by atoms with Crippen molar-refractivity contribution in [2.45, 2.75) is 45.1 Å². The van der Waals surface area contributed by atoms with Gasteiger partial charge in [0.05, 0.1) is 23.7 Å². The number of nitrogens with zero attached hydrogens (tertiary/aromatic N) is 6. The molecule has 8 nitrogen and oxygen atoms in total. The van der Waals surface area contributed by atoms with E-state index in [0.29, 0.717) is 13.1 Å². The number of rotatable bonds is 5. The van der Waals surface area contributed by atoms with Crippen LogP contribution in [0.5, 0.6) is 0 Å². The molecule has 2 aliphatic heterocycles. The maximum atomic E-state index is 12.4. The molecule has 0 radical (unpaired) electrons. The van der Waals surface area contributed by atoms with Crippen LogP contribution in [0.4, 0.5) is 0 Å². The van der Waals surface area contributed by atoms with Crippen molar-refractivity contribution in [3.8, 4) is 0 Å². The Kier molecular flexibility index (Phi) is 5.00. The number of aromatic nitrogens is 4. The zero-order chi connectivity index (χ0) is 19.0. The number of sulfone groups is 1. The fourth-order valence-electron chi connectivity index (χ4n) is 4.18. The summed E-state index contributed by atoms with van der Waals surface area (Å²) in [4.78, 5) is 8.96. The lowest BCUT2D eigenvalue weighted by Gasteiger charge is -2.43. The van der Waals surface area contributed by atoms with Gasteiger partial charge in [0, 0.05) is 44.0 Å². The maximum absolute atomic E-state index is 12.4. The van der Waals surface area contributed by atoms with Crippen molar-refractivity contribution in [1.29, 1.82) is 0 Å². The van der Waals surface area contributed by atoms with E-state index in [0.717, 1.165) is 24.6 Å². The number of hydrogen-bond acceptors (Lipinski definition) is 7. The van der Waals surface area contributed by atoms with Crippen molar-refractivity contribution in [2.24, 2.45) is 0 Å². The Hall–Kier alpha value is -1.84. The van der Waals surface area contributed by atoms with Crippen LogP contribution in [-0.2, 0) is 22.9 Å². The quantitative estimate of drug-likeness (QED) is 0.744. The third-order valence-electron chi connectivity index (χ3n) is 5.55. The average molecular weight is 391 g/mol. The van der Waals surface area contributed by atoms with E-state index < -0.39 is 9.84 Å². The summed E-state index contributed by atoms with van der Waals surface area (Å²) < 4.78 is 26.9. The van der Waals surface area contributed by atoms with Crippen molar-refractivity contribution in [3.63, 3.8) is 0 Å². The second-order valence-corrected chi connectivity index (χ2v) is 9.88. The third-order valence-corrected chi connectivity index (χ3v) is 7.24. The summed E-state index contributed by atoms with van der Waals surface area (Å²) in [6.07, 6.45) is 3.54. The first-order valence-electron chi connectivity index (χ1n) is 9.40. The van der Waals surface area contributed by atoms with E-state index >= 15 is 0 Å². The van der Waals surface area contributed by atoms with E-state index in [-0.39, 0.29) is 29.6 Å². The molecule has 2 aromatic rings. The van der Waals surface area contributed by atoms with Gasteiger partial charge in [0.2, 0.25) is 0 Å². The van der Waals surface area contributed by atoms with Gasteiger partial charge in [-0.2, -0.15) is 0 Å². The van der Waals surface area contributed by atoms with Gasteiger partial charge in [-0.1, -0.05) is 6.07 Å². The van der Waals surface area contributed by atoms with Crippen LogP contribution in [0.2, 0.25) is 0 Å². The first-order chi connectivity index (χ1) is 12.9. The Morgan fingerprint density at radius 1 is 1.11 bits per heavy atom. The molecule has 9 heteroatoms. The molecule has 146 valence electrons. The highest BCUT2D eigenvalue weighted by molar-refractivity contribution is 7.91. The van der Waals surface area contributed by atoms with Gasteiger partial charge in [0.15, 0.2) is 9.84 Å². The molecule has 0 saturated carbocycles. The minimum Gasteiger partial charge on any atom is -0.314 e. The zero-order valence-corrected chi connectivity index (χ0v) is 16.6. The van der Waals surface area contributed by atoms with Gasteiger partial charge in [0.25, 0.3) is 0 Å². The monoisotopic (exact) mass is 390 g/mol. The largest absolute Gasteiger partial charge is 0.314 e. The number of piperazine rings is 1. The lowest BCUT2D eigenvalue weighted by atomic mass is 10.0. The molecule has 2 aliphatic rings. The molecule has 2 fully saturated rings. The van der Waals surface area contributed by atoms with Gasteiger partial charge in [0.1, 0.15) is 12.2 Å². The Labute approximate surface area is 160 Å². The van der Waals surface area contributed by atoms with Crippen LogP contribution in [-0.4, -0.2) is 74.6 Å². The molecule has 0 N–H and O–H groups in total. The molecule has 4 heterocycles. The van der Waals surface area contributed by atoms with E-state index in [2.05, 4.69) is 43.4 Å². The Balaban J connectivity index is 1.54. The molecule has 4 rings (SSSR count). The predicted octanol–water partition coefficient (Wildman–Crippen LogP) is 0.737. The Morgan fingerprint density at radius 3 is 2.44 bits per heavy atom. The molecular formula is C18H26N6O2S. The SMILES string of the molecule is CC(C)n1cnnc1CN1CCN(Cc2ccccn2)C2CS(=O)(=O)CC21. The molecule has 2 aromatic heterocycles. The molecule has 0 bridgehead atoms. The van der Waals surface area contributed by atoms with Gasteiger partial charge >= 0.3 is 0 Å². The van der Waals surface area contributed by atoms with E-state index in [4.69, 9.17) is 0 Å². The highest BCUT2D eigenvalue weighted by atomic mass is 32.2. The minimum atomic E-state index is -3.04. The lowest BCUT2D eigenvalue weighted by molar-refractivity contribution is 0.0324. The first kappa shape index (κ1) is 18.5. The lowest BCUT2D eigenvalue weighted by Crippen LogP contribution is -2.58. The summed E-state index contributed by atoms with van der Waals surface area (Å²) in [6.45, 7) is 7.15. The third kappa shape index (κ3) is 3.90. The van der Waals surface area contributed by atoms with Crippen molar-refractivity contribution in [2.75, 3.05) is 24.6 Å². The number of hydrogen-bond donors (Lipinski definition) is 0. The Morgan fingerprint density at radius 2 is 1.81 bits per heavy atom. The number of pyridine rings is 1. The standard InChI is InChI=1S/C18H26N6O2S/c1-14(2)24-13-20-21-18(24)10-23-8-7-22(9-15-5-3-4-6-19-15)16-11-27(25,26)12-17(16)23/h3-6,13-14,16-17H,7-12H2,1-2H3. The summed E-state index contributed by atoms with van der Waals surface area (Å²) >= 11 is 0. The predicted molar refractivity (Wildman–Crippen MR) is 102 cm³/mol. The van der Waals surface area contributed by atoms with Crippen LogP contribution < -0.4 is 0 Å². The summed E-state index contributed by atoms with van der Waals surface area (Å²) in [5.41, 5.74) is 0.980. The van der Waals surface area contributed by atoms with E-state index in [1.807, 2.05) is 18.2 Å².